The van der Waals surface area contributed by atoms with Gasteiger partial charge < -0.3 is 9.47 Å². The van der Waals surface area contributed by atoms with Crippen molar-refractivity contribution in [3.05, 3.63) is 35.4 Å². The van der Waals surface area contributed by atoms with Gasteiger partial charge in [-0.15, -0.1) is 0 Å². The van der Waals surface area contributed by atoms with Gasteiger partial charge in [0.2, 0.25) is 0 Å². The lowest BCUT2D eigenvalue weighted by molar-refractivity contribution is -0.130. The van der Waals surface area contributed by atoms with Gasteiger partial charge >= 0.3 is 5.97 Å². The fraction of sp³-hybridized carbons (Fsp3) is 0.500. The normalized spacial score (nSPS) is 15.3. The van der Waals surface area contributed by atoms with Crippen LogP contribution in [0.1, 0.15) is 52.0 Å². The quantitative estimate of drug-likeness (QED) is 0.611. The second-order valence-corrected chi connectivity index (χ2v) is 6.48. The van der Waals surface area contributed by atoms with Crippen molar-refractivity contribution in [1.29, 1.82) is 0 Å². The van der Waals surface area contributed by atoms with Crippen LogP contribution in [0.2, 0.25) is 0 Å². The molecule has 0 spiro atoms. The van der Waals surface area contributed by atoms with E-state index in [0.29, 0.717) is 5.75 Å². The van der Waals surface area contributed by atoms with Gasteiger partial charge in [-0.25, -0.2) is 4.79 Å². The minimum Gasteiger partial charge on any atom is -0.497 e. The molecule has 0 fully saturated rings. The molecular formula is C18H24O3. The average Bonchev–Trinajstić information content (AvgIpc) is 2.47. The number of hydrogen-bond acceptors (Lipinski definition) is 3. The number of carbonyl (C=O) groups excluding carboxylic acids is 1. The van der Waals surface area contributed by atoms with Gasteiger partial charge in [-0.3, -0.25) is 0 Å². The van der Waals surface area contributed by atoms with Crippen molar-refractivity contribution in [3.63, 3.8) is 0 Å². The summed E-state index contributed by atoms with van der Waals surface area (Å²) in [5.74, 6) is 1.18. The Morgan fingerprint density at radius 2 is 1.95 bits per heavy atom. The van der Waals surface area contributed by atoms with Crippen molar-refractivity contribution in [3.8, 4) is 11.5 Å². The van der Waals surface area contributed by atoms with Crippen LogP contribution in [0.3, 0.4) is 0 Å². The summed E-state index contributed by atoms with van der Waals surface area (Å²) in [6.45, 7) is 6.29. The van der Waals surface area contributed by atoms with Crippen molar-refractivity contribution in [2.24, 2.45) is 0 Å². The van der Waals surface area contributed by atoms with E-state index in [4.69, 9.17) is 9.47 Å². The first-order chi connectivity index (χ1) is 9.91. The zero-order chi connectivity index (χ0) is 15.5. The zero-order valence-electron chi connectivity index (χ0n) is 13.4. The Labute approximate surface area is 127 Å². The summed E-state index contributed by atoms with van der Waals surface area (Å²) in [5, 5.41) is 0. The van der Waals surface area contributed by atoms with E-state index in [1.54, 1.807) is 7.11 Å². The molecule has 0 saturated heterocycles. The van der Waals surface area contributed by atoms with E-state index in [9.17, 15) is 4.79 Å². The van der Waals surface area contributed by atoms with Gasteiger partial charge in [0, 0.05) is 11.1 Å². The molecule has 0 aromatic heterocycles. The van der Waals surface area contributed by atoms with Crippen LogP contribution in [0.5, 0.6) is 11.5 Å². The molecule has 1 aromatic rings. The number of carbonyl (C=O) groups is 1. The van der Waals surface area contributed by atoms with Crippen molar-refractivity contribution in [1.82, 2.24) is 0 Å². The number of methoxy groups -OCH3 is 1. The highest BCUT2D eigenvalue weighted by molar-refractivity contribution is 5.90. The molecule has 3 heteroatoms. The Kier molecular flexibility index (Phi) is 4.71. The number of hydrogen-bond donors (Lipinski definition) is 0. The highest BCUT2D eigenvalue weighted by Gasteiger charge is 2.23. The third-order valence-corrected chi connectivity index (χ3v) is 3.75. The molecule has 0 atom stereocenters. The molecule has 2 rings (SSSR count). The van der Waals surface area contributed by atoms with Crippen molar-refractivity contribution in [2.75, 3.05) is 7.11 Å². The van der Waals surface area contributed by atoms with Gasteiger partial charge in [0.1, 0.15) is 11.5 Å². The van der Waals surface area contributed by atoms with E-state index in [-0.39, 0.29) is 11.4 Å². The Morgan fingerprint density at radius 1 is 1.19 bits per heavy atom. The van der Waals surface area contributed by atoms with E-state index >= 15 is 0 Å². The molecule has 0 radical (unpaired) electrons. The van der Waals surface area contributed by atoms with Gasteiger partial charge in [0.25, 0.3) is 0 Å². The molecular weight excluding hydrogens is 264 g/mol. The summed E-state index contributed by atoms with van der Waals surface area (Å²) in [4.78, 5) is 12.3. The molecule has 1 aliphatic rings. The SMILES string of the molecule is COc1ccc(OC(=O)C2=CCCCC2)c(C(C)(C)C)c1. The van der Waals surface area contributed by atoms with Gasteiger partial charge in [-0.1, -0.05) is 26.8 Å². The summed E-state index contributed by atoms with van der Waals surface area (Å²) < 4.78 is 10.9. The number of ether oxygens (including phenoxy) is 2. The van der Waals surface area contributed by atoms with E-state index in [1.165, 1.54) is 0 Å². The highest BCUT2D eigenvalue weighted by atomic mass is 16.5. The van der Waals surface area contributed by atoms with Crippen molar-refractivity contribution in [2.45, 2.75) is 51.9 Å². The van der Waals surface area contributed by atoms with Crippen LogP contribution < -0.4 is 9.47 Å². The first-order valence-electron chi connectivity index (χ1n) is 7.51. The summed E-state index contributed by atoms with van der Waals surface area (Å²) in [6, 6.07) is 5.59. The first-order valence-corrected chi connectivity index (χ1v) is 7.51. The molecule has 3 nitrogen and oxygen atoms in total. The molecule has 0 saturated carbocycles. The summed E-state index contributed by atoms with van der Waals surface area (Å²) >= 11 is 0. The Hall–Kier alpha value is -1.77. The van der Waals surface area contributed by atoms with Crippen LogP contribution in [0, 0.1) is 0 Å². The van der Waals surface area contributed by atoms with Gasteiger partial charge in [-0.2, -0.15) is 0 Å². The summed E-state index contributed by atoms with van der Waals surface area (Å²) in [6.07, 6.45) is 6.02. The molecule has 1 aromatic carbocycles. The van der Waals surface area contributed by atoms with Gasteiger partial charge in [-0.05, 0) is 49.3 Å². The van der Waals surface area contributed by atoms with Crippen LogP contribution in [-0.4, -0.2) is 13.1 Å². The Balaban J connectivity index is 2.27. The lowest BCUT2D eigenvalue weighted by atomic mass is 9.86. The summed E-state index contributed by atoms with van der Waals surface area (Å²) in [7, 11) is 1.64. The van der Waals surface area contributed by atoms with E-state index in [0.717, 1.165) is 42.6 Å². The molecule has 21 heavy (non-hydrogen) atoms. The molecule has 0 unspecified atom stereocenters. The standard InChI is InChI=1S/C18H24O3/c1-18(2,3)15-12-14(20-4)10-11-16(15)21-17(19)13-8-6-5-7-9-13/h8,10-12H,5-7,9H2,1-4H3. The molecule has 0 N–H and O–H groups in total. The monoisotopic (exact) mass is 288 g/mol. The van der Waals surface area contributed by atoms with Crippen LogP contribution in [-0.2, 0) is 10.2 Å². The first kappa shape index (κ1) is 15.6. The lowest BCUT2D eigenvalue weighted by Crippen LogP contribution is -2.18. The van der Waals surface area contributed by atoms with Crippen LogP contribution in [0.15, 0.2) is 29.8 Å². The lowest BCUT2D eigenvalue weighted by Gasteiger charge is -2.23. The topological polar surface area (TPSA) is 35.5 Å². The van der Waals surface area contributed by atoms with Crippen LogP contribution >= 0.6 is 0 Å². The average molecular weight is 288 g/mol. The maximum atomic E-state index is 12.3. The zero-order valence-corrected chi connectivity index (χ0v) is 13.4. The summed E-state index contributed by atoms with van der Waals surface area (Å²) in [5.41, 5.74) is 1.66. The molecule has 0 bridgehead atoms. The number of rotatable bonds is 3. The van der Waals surface area contributed by atoms with E-state index in [1.807, 2.05) is 24.3 Å². The number of benzene rings is 1. The maximum Gasteiger partial charge on any atom is 0.339 e. The Morgan fingerprint density at radius 3 is 2.52 bits per heavy atom. The molecule has 1 aliphatic carbocycles. The van der Waals surface area contributed by atoms with Gasteiger partial charge in [0.05, 0.1) is 7.11 Å². The third kappa shape index (κ3) is 3.87. The molecule has 0 amide bonds. The Bertz CT molecular complexity index is 550. The third-order valence-electron chi connectivity index (χ3n) is 3.75. The minimum atomic E-state index is -0.217. The minimum absolute atomic E-state index is 0.120. The largest absolute Gasteiger partial charge is 0.497 e. The van der Waals surface area contributed by atoms with Crippen molar-refractivity contribution < 1.29 is 14.3 Å². The number of allylic oxidation sites excluding steroid dienone is 1. The second-order valence-electron chi connectivity index (χ2n) is 6.48. The highest BCUT2D eigenvalue weighted by Crippen LogP contribution is 2.35. The molecule has 0 aliphatic heterocycles. The fourth-order valence-corrected chi connectivity index (χ4v) is 2.50. The molecule has 114 valence electrons. The van der Waals surface area contributed by atoms with Crippen LogP contribution in [0.25, 0.3) is 0 Å². The predicted molar refractivity (Wildman–Crippen MR) is 83.9 cm³/mol. The van der Waals surface area contributed by atoms with Gasteiger partial charge in [0.15, 0.2) is 0 Å². The van der Waals surface area contributed by atoms with Crippen LogP contribution in [0.4, 0.5) is 0 Å². The number of esters is 1. The predicted octanol–water partition coefficient (Wildman–Crippen LogP) is 4.40. The maximum absolute atomic E-state index is 12.3. The van der Waals surface area contributed by atoms with Crippen molar-refractivity contribution >= 4 is 5.97 Å². The molecule has 0 heterocycles. The van der Waals surface area contributed by atoms with E-state index < -0.39 is 0 Å². The second kappa shape index (κ2) is 6.33. The smallest absolute Gasteiger partial charge is 0.339 e. The fourth-order valence-electron chi connectivity index (χ4n) is 2.50. The van der Waals surface area contributed by atoms with E-state index in [2.05, 4.69) is 20.8 Å².